The Labute approximate surface area is 119 Å². The van der Waals surface area contributed by atoms with Crippen molar-refractivity contribution < 1.29 is 0 Å². The molecule has 0 bridgehead atoms. The number of nitrogens with zero attached hydrogens (tertiary/aromatic N) is 3. The van der Waals surface area contributed by atoms with E-state index in [9.17, 15) is 0 Å². The van der Waals surface area contributed by atoms with E-state index < -0.39 is 0 Å². The lowest BCUT2D eigenvalue weighted by molar-refractivity contribution is 0.348. The lowest BCUT2D eigenvalue weighted by Gasteiger charge is -2.35. The quantitative estimate of drug-likeness (QED) is 0.835. The fourth-order valence-corrected chi connectivity index (χ4v) is 3.34. The Morgan fingerprint density at radius 3 is 2.95 bits per heavy atom. The van der Waals surface area contributed by atoms with E-state index in [4.69, 9.17) is 0 Å². The summed E-state index contributed by atoms with van der Waals surface area (Å²) in [5.41, 5.74) is 0.937. The number of rotatable bonds is 1. The summed E-state index contributed by atoms with van der Waals surface area (Å²) in [4.78, 5) is 14.3. The number of nitrogens with one attached hydrogen (secondary N) is 2. The highest BCUT2D eigenvalue weighted by atomic mass is 15.2. The third-order valence-electron chi connectivity index (χ3n) is 4.34. The molecule has 2 unspecified atom stereocenters. The highest BCUT2D eigenvalue weighted by Crippen LogP contribution is 2.31. The summed E-state index contributed by atoms with van der Waals surface area (Å²) in [7, 11) is 0. The number of fused-ring (bicyclic) bond motifs is 2. The first-order valence-corrected chi connectivity index (χ1v) is 7.65. The van der Waals surface area contributed by atoms with Crippen molar-refractivity contribution in [2.24, 2.45) is 11.8 Å². The maximum atomic E-state index is 4.49. The van der Waals surface area contributed by atoms with Crippen LogP contribution >= 0.6 is 0 Å². The first-order valence-electron chi connectivity index (χ1n) is 7.65. The lowest BCUT2D eigenvalue weighted by atomic mass is 9.88. The summed E-state index contributed by atoms with van der Waals surface area (Å²) in [6, 6.07) is 2.07. The predicted octanol–water partition coefficient (Wildman–Crippen LogP) is 2.03. The van der Waals surface area contributed by atoms with Crippen LogP contribution in [0, 0.1) is 11.8 Å². The number of piperidine rings is 1. The molecule has 4 heterocycles. The second-order valence-corrected chi connectivity index (χ2v) is 5.35. The number of aromatic amines is 1. The lowest BCUT2D eigenvalue weighted by Crippen LogP contribution is -2.40. The van der Waals surface area contributed by atoms with Gasteiger partial charge in [-0.2, -0.15) is 0 Å². The third-order valence-corrected chi connectivity index (χ3v) is 4.34. The zero-order valence-corrected chi connectivity index (χ0v) is 12.3. The zero-order chi connectivity index (χ0) is 13.9. The minimum atomic E-state index is 0.780. The highest BCUT2D eigenvalue weighted by molar-refractivity contribution is 5.87. The summed E-state index contributed by atoms with van der Waals surface area (Å²) in [5.74, 6) is 2.74. The standard InChI is InChI=1S/C13H17N5.C2H6/c1-3-15-12-11(1)13(17-8-16-12)18-4-2-9-5-14-6-10(9)7-18;1-2/h1,3,8-10,14H,2,4-7H2,(H,15,16,17);1-2H3. The van der Waals surface area contributed by atoms with E-state index >= 15 is 0 Å². The molecule has 0 aromatic carbocycles. The predicted molar refractivity (Wildman–Crippen MR) is 81.9 cm³/mol. The van der Waals surface area contributed by atoms with Gasteiger partial charge in [0.15, 0.2) is 0 Å². The second kappa shape index (κ2) is 5.79. The summed E-state index contributed by atoms with van der Waals surface area (Å²) in [6.45, 7) is 8.58. The molecule has 5 heteroatoms. The van der Waals surface area contributed by atoms with Crippen LogP contribution in [0.2, 0.25) is 0 Å². The first-order chi connectivity index (χ1) is 9.92. The van der Waals surface area contributed by atoms with Crippen LogP contribution in [-0.2, 0) is 0 Å². The van der Waals surface area contributed by atoms with E-state index in [1.807, 2.05) is 20.0 Å². The van der Waals surface area contributed by atoms with Crippen molar-refractivity contribution in [2.45, 2.75) is 20.3 Å². The largest absolute Gasteiger partial charge is 0.356 e. The van der Waals surface area contributed by atoms with Crippen molar-refractivity contribution in [3.8, 4) is 0 Å². The van der Waals surface area contributed by atoms with Crippen molar-refractivity contribution in [1.82, 2.24) is 20.3 Å². The van der Waals surface area contributed by atoms with Crippen LogP contribution in [0.3, 0.4) is 0 Å². The van der Waals surface area contributed by atoms with Crippen molar-refractivity contribution in [3.63, 3.8) is 0 Å². The van der Waals surface area contributed by atoms with Crippen LogP contribution < -0.4 is 10.2 Å². The molecule has 0 saturated carbocycles. The molecule has 2 N–H and O–H groups in total. The topological polar surface area (TPSA) is 56.8 Å². The Kier molecular flexibility index (Phi) is 3.87. The molecule has 2 aliphatic heterocycles. The van der Waals surface area contributed by atoms with E-state index in [-0.39, 0.29) is 0 Å². The Morgan fingerprint density at radius 1 is 1.20 bits per heavy atom. The normalized spacial score (nSPS) is 25.2. The second-order valence-electron chi connectivity index (χ2n) is 5.35. The van der Waals surface area contributed by atoms with Gasteiger partial charge in [0.1, 0.15) is 17.8 Å². The fourth-order valence-electron chi connectivity index (χ4n) is 3.34. The van der Waals surface area contributed by atoms with Gasteiger partial charge in [0.2, 0.25) is 0 Å². The molecular weight excluding hydrogens is 250 g/mol. The van der Waals surface area contributed by atoms with Gasteiger partial charge in [0.05, 0.1) is 5.39 Å². The number of aromatic nitrogens is 3. The number of anilines is 1. The Bertz CT molecular complexity index is 564. The van der Waals surface area contributed by atoms with E-state index in [1.54, 1.807) is 6.33 Å². The fraction of sp³-hybridized carbons (Fsp3) is 0.600. The summed E-state index contributed by atoms with van der Waals surface area (Å²) >= 11 is 0. The Hall–Kier alpha value is -1.62. The van der Waals surface area contributed by atoms with Crippen molar-refractivity contribution in [2.75, 3.05) is 31.1 Å². The molecule has 0 amide bonds. The molecule has 2 aromatic rings. The molecule has 4 rings (SSSR count). The number of hydrogen-bond donors (Lipinski definition) is 2. The molecule has 2 atom stereocenters. The van der Waals surface area contributed by atoms with Crippen LogP contribution in [0.1, 0.15) is 20.3 Å². The molecular formula is C15H23N5. The monoisotopic (exact) mass is 273 g/mol. The van der Waals surface area contributed by atoms with Crippen molar-refractivity contribution in [3.05, 3.63) is 18.6 Å². The van der Waals surface area contributed by atoms with Gasteiger partial charge in [-0.1, -0.05) is 13.8 Å². The van der Waals surface area contributed by atoms with Crippen LogP contribution in [0.4, 0.5) is 5.82 Å². The molecule has 2 saturated heterocycles. The van der Waals surface area contributed by atoms with E-state index in [1.165, 1.54) is 13.0 Å². The van der Waals surface area contributed by atoms with Gasteiger partial charge in [-0.15, -0.1) is 0 Å². The summed E-state index contributed by atoms with van der Waals surface area (Å²) in [6.07, 6.45) is 4.87. The Morgan fingerprint density at radius 2 is 2.05 bits per heavy atom. The molecule has 0 aliphatic carbocycles. The summed E-state index contributed by atoms with van der Waals surface area (Å²) in [5, 5.41) is 4.64. The summed E-state index contributed by atoms with van der Waals surface area (Å²) < 4.78 is 0. The average molecular weight is 273 g/mol. The minimum absolute atomic E-state index is 0.780. The average Bonchev–Trinajstić information content (AvgIpc) is 3.16. The highest BCUT2D eigenvalue weighted by Gasteiger charge is 2.33. The van der Waals surface area contributed by atoms with E-state index in [0.29, 0.717) is 0 Å². The minimum Gasteiger partial charge on any atom is -0.356 e. The molecule has 0 spiro atoms. The van der Waals surface area contributed by atoms with Gasteiger partial charge in [0.25, 0.3) is 0 Å². The zero-order valence-electron chi connectivity index (χ0n) is 12.3. The maximum Gasteiger partial charge on any atom is 0.142 e. The van der Waals surface area contributed by atoms with Crippen LogP contribution in [0.5, 0.6) is 0 Å². The van der Waals surface area contributed by atoms with Gasteiger partial charge < -0.3 is 15.2 Å². The molecule has 20 heavy (non-hydrogen) atoms. The van der Waals surface area contributed by atoms with Gasteiger partial charge in [0, 0.05) is 19.3 Å². The molecule has 0 radical (unpaired) electrons. The molecule has 2 aromatic heterocycles. The van der Waals surface area contributed by atoms with Crippen LogP contribution in [0.15, 0.2) is 18.6 Å². The molecule has 2 fully saturated rings. The van der Waals surface area contributed by atoms with Crippen LogP contribution in [-0.4, -0.2) is 41.1 Å². The van der Waals surface area contributed by atoms with Gasteiger partial charge in [-0.3, -0.25) is 0 Å². The van der Waals surface area contributed by atoms with Crippen molar-refractivity contribution >= 4 is 16.9 Å². The van der Waals surface area contributed by atoms with Gasteiger partial charge in [-0.05, 0) is 37.4 Å². The SMILES string of the molecule is CC.c1nc(N2CCC3CNCC3C2)c2cc[nH]c2n1. The smallest absolute Gasteiger partial charge is 0.142 e. The van der Waals surface area contributed by atoms with Gasteiger partial charge >= 0.3 is 0 Å². The van der Waals surface area contributed by atoms with Gasteiger partial charge in [-0.25, -0.2) is 9.97 Å². The molecule has 108 valence electrons. The van der Waals surface area contributed by atoms with E-state index in [0.717, 1.165) is 48.3 Å². The Balaban J connectivity index is 0.000000581. The number of H-pyrrole nitrogens is 1. The van der Waals surface area contributed by atoms with Crippen LogP contribution in [0.25, 0.3) is 11.0 Å². The van der Waals surface area contributed by atoms with E-state index in [2.05, 4.69) is 31.2 Å². The third kappa shape index (κ3) is 2.26. The maximum absolute atomic E-state index is 4.49. The molecule has 2 aliphatic rings. The molecule has 5 nitrogen and oxygen atoms in total. The first kappa shape index (κ1) is 13.4. The number of hydrogen-bond acceptors (Lipinski definition) is 4. The van der Waals surface area contributed by atoms with Crippen molar-refractivity contribution in [1.29, 1.82) is 0 Å².